The molecule has 0 saturated carbocycles. The first-order valence-electron chi connectivity index (χ1n) is 5.76. The quantitative estimate of drug-likeness (QED) is 0.806. The fourth-order valence-electron chi connectivity index (χ4n) is 1.56. The van der Waals surface area contributed by atoms with Crippen molar-refractivity contribution in [2.24, 2.45) is 5.73 Å². The van der Waals surface area contributed by atoms with E-state index in [9.17, 15) is 4.79 Å². The third-order valence-electron chi connectivity index (χ3n) is 2.59. The summed E-state index contributed by atoms with van der Waals surface area (Å²) in [6, 6.07) is 8.03. The lowest BCUT2D eigenvalue weighted by Gasteiger charge is -2.20. The van der Waals surface area contributed by atoms with Gasteiger partial charge in [-0.15, -0.1) is 0 Å². The van der Waals surface area contributed by atoms with Crippen LogP contribution in [-0.4, -0.2) is 37.5 Å². The highest BCUT2D eigenvalue weighted by Crippen LogP contribution is 2.12. The topological polar surface area (TPSA) is 58.4 Å². The summed E-state index contributed by atoms with van der Waals surface area (Å²) >= 11 is 0. The van der Waals surface area contributed by atoms with Crippen LogP contribution in [0.1, 0.15) is 12.0 Å². The Kier molecular flexibility index (Phi) is 4.97. The predicted octanol–water partition coefficient (Wildman–Crippen LogP) is 1.21. The van der Waals surface area contributed by atoms with Crippen molar-refractivity contribution in [2.45, 2.75) is 19.4 Å². The molecule has 1 aromatic rings. The number of nitrogens with one attached hydrogen (secondary N) is 1. The van der Waals surface area contributed by atoms with E-state index in [1.54, 1.807) is 19.0 Å². The van der Waals surface area contributed by atoms with Crippen LogP contribution in [0, 0.1) is 6.92 Å². The van der Waals surface area contributed by atoms with Gasteiger partial charge in [-0.3, -0.25) is 4.79 Å². The number of nitrogens with zero attached hydrogens (tertiary/aromatic N) is 1. The maximum absolute atomic E-state index is 11.6. The van der Waals surface area contributed by atoms with Crippen LogP contribution in [0.4, 0.5) is 5.69 Å². The maximum Gasteiger partial charge on any atom is 0.224 e. The van der Waals surface area contributed by atoms with E-state index in [0.29, 0.717) is 13.0 Å². The zero-order chi connectivity index (χ0) is 12.8. The molecule has 1 aromatic carbocycles. The summed E-state index contributed by atoms with van der Waals surface area (Å²) in [6.07, 6.45) is 0.414. The molecule has 1 atom stereocenters. The lowest BCUT2D eigenvalue weighted by atomic mass is 10.1. The summed E-state index contributed by atoms with van der Waals surface area (Å²) < 4.78 is 0. The second-order valence-electron chi connectivity index (χ2n) is 4.44. The van der Waals surface area contributed by atoms with Crippen molar-refractivity contribution in [3.05, 3.63) is 29.8 Å². The molecular formula is C13H21N3O. The molecule has 0 bridgehead atoms. The Morgan fingerprint density at radius 1 is 1.47 bits per heavy atom. The first-order valence-corrected chi connectivity index (χ1v) is 5.76. The number of hydrogen-bond acceptors (Lipinski definition) is 3. The van der Waals surface area contributed by atoms with Crippen molar-refractivity contribution in [2.75, 3.05) is 26.0 Å². The van der Waals surface area contributed by atoms with Crippen molar-refractivity contribution in [1.82, 2.24) is 4.90 Å². The van der Waals surface area contributed by atoms with Gasteiger partial charge >= 0.3 is 0 Å². The molecule has 0 heterocycles. The average molecular weight is 235 g/mol. The third kappa shape index (κ3) is 4.44. The summed E-state index contributed by atoms with van der Waals surface area (Å²) in [5.74, 6) is 0.0839. The molecule has 0 radical (unpaired) electrons. The highest BCUT2D eigenvalue weighted by molar-refractivity contribution is 5.76. The number of nitrogens with two attached hydrogens (primary N) is 1. The zero-order valence-electron chi connectivity index (χ0n) is 10.7. The molecule has 0 spiro atoms. The lowest BCUT2D eigenvalue weighted by Crippen LogP contribution is -2.35. The molecule has 1 unspecified atom stereocenters. The van der Waals surface area contributed by atoms with E-state index < -0.39 is 0 Å². The SMILES string of the molecule is Cc1cccc(NC(CN)CC(=O)N(C)C)c1. The number of aryl methyl sites for hydroxylation is 1. The Balaban J connectivity index is 2.61. The monoisotopic (exact) mass is 235 g/mol. The molecule has 1 amide bonds. The number of benzene rings is 1. The molecule has 0 aliphatic heterocycles. The van der Waals surface area contributed by atoms with Crippen LogP contribution in [0.2, 0.25) is 0 Å². The fraction of sp³-hybridized carbons (Fsp3) is 0.462. The average Bonchev–Trinajstić information content (AvgIpc) is 2.27. The molecule has 1 rings (SSSR count). The third-order valence-corrected chi connectivity index (χ3v) is 2.59. The van der Waals surface area contributed by atoms with Gasteiger partial charge in [-0.2, -0.15) is 0 Å². The minimum Gasteiger partial charge on any atom is -0.381 e. The Morgan fingerprint density at radius 2 is 2.18 bits per heavy atom. The summed E-state index contributed by atoms with van der Waals surface area (Å²) in [5.41, 5.74) is 7.87. The van der Waals surface area contributed by atoms with E-state index in [2.05, 4.69) is 5.32 Å². The van der Waals surface area contributed by atoms with E-state index >= 15 is 0 Å². The van der Waals surface area contributed by atoms with Crippen molar-refractivity contribution in [3.8, 4) is 0 Å². The van der Waals surface area contributed by atoms with Gasteiger partial charge in [-0.25, -0.2) is 0 Å². The number of rotatable bonds is 5. The standard InChI is InChI=1S/C13H21N3O/c1-10-5-4-6-11(7-10)15-12(9-14)8-13(17)16(2)3/h4-7,12,15H,8-9,14H2,1-3H3. The van der Waals surface area contributed by atoms with Gasteiger partial charge in [0, 0.05) is 38.8 Å². The van der Waals surface area contributed by atoms with Gasteiger partial charge in [-0.05, 0) is 24.6 Å². The van der Waals surface area contributed by atoms with Gasteiger partial charge < -0.3 is 16.0 Å². The van der Waals surface area contributed by atoms with Gasteiger partial charge in [0.2, 0.25) is 5.91 Å². The maximum atomic E-state index is 11.6. The van der Waals surface area contributed by atoms with Gasteiger partial charge in [0.05, 0.1) is 0 Å². The van der Waals surface area contributed by atoms with Crippen molar-refractivity contribution in [1.29, 1.82) is 0 Å². The first-order chi connectivity index (χ1) is 8.02. The molecule has 0 aromatic heterocycles. The number of amides is 1. The van der Waals surface area contributed by atoms with E-state index in [1.807, 2.05) is 31.2 Å². The second kappa shape index (κ2) is 6.25. The van der Waals surface area contributed by atoms with Gasteiger partial charge in [0.25, 0.3) is 0 Å². The van der Waals surface area contributed by atoms with Gasteiger partial charge in [0.15, 0.2) is 0 Å². The van der Waals surface area contributed by atoms with Crippen molar-refractivity contribution in [3.63, 3.8) is 0 Å². The first kappa shape index (κ1) is 13.5. The molecule has 4 nitrogen and oxygen atoms in total. The van der Waals surface area contributed by atoms with Gasteiger partial charge in [-0.1, -0.05) is 12.1 Å². The Bertz CT molecular complexity index is 377. The van der Waals surface area contributed by atoms with Crippen LogP contribution in [0.3, 0.4) is 0 Å². The summed E-state index contributed by atoms with van der Waals surface area (Å²) in [7, 11) is 3.51. The summed E-state index contributed by atoms with van der Waals surface area (Å²) in [4.78, 5) is 13.2. The molecule has 3 N–H and O–H groups in total. The summed E-state index contributed by atoms with van der Waals surface area (Å²) in [5, 5.41) is 3.28. The number of hydrogen-bond donors (Lipinski definition) is 2. The molecule has 4 heteroatoms. The molecule has 0 saturated heterocycles. The highest BCUT2D eigenvalue weighted by atomic mass is 16.2. The van der Waals surface area contributed by atoms with E-state index in [1.165, 1.54) is 5.56 Å². The molecule has 94 valence electrons. The minimum absolute atomic E-state index is 0.0216. The van der Waals surface area contributed by atoms with Crippen LogP contribution >= 0.6 is 0 Å². The van der Waals surface area contributed by atoms with Gasteiger partial charge in [0.1, 0.15) is 0 Å². The summed E-state index contributed by atoms with van der Waals surface area (Å²) in [6.45, 7) is 2.47. The fourth-order valence-corrected chi connectivity index (χ4v) is 1.56. The molecule has 0 aliphatic carbocycles. The molecular weight excluding hydrogens is 214 g/mol. The second-order valence-corrected chi connectivity index (χ2v) is 4.44. The highest BCUT2D eigenvalue weighted by Gasteiger charge is 2.13. The van der Waals surface area contributed by atoms with E-state index in [4.69, 9.17) is 5.73 Å². The van der Waals surface area contributed by atoms with Crippen LogP contribution in [0.25, 0.3) is 0 Å². The lowest BCUT2D eigenvalue weighted by molar-refractivity contribution is -0.128. The smallest absolute Gasteiger partial charge is 0.224 e. The van der Waals surface area contributed by atoms with Crippen LogP contribution < -0.4 is 11.1 Å². The predicted molar refractivity (Wildman–Crippen MR) is 71.0 cm³/mol. The number of anilines is 1. The molecule has 0 fully saturated rings. The van der Waals surface area contributed by atoms with Crippen LogP contribution in [-0.2, 0) is 4.79 Å². The van der Waals surface area contributed by atoms with E-state index in [-0.39, 0.29) is 11.9 Å². The number of carbonyl (C=O) groups excluding carboxylic acids is 1. The normalized spacial score (nSPS) is 12.0. The Morgan fingerprint density at radius 3 is 2.71 bits per heavy atom. The molecule has 0 aliphatic rings. The Labute approximate surface area is 103 Å². The Hall–Kier alpha value is -1.55. The minimum atomic E-state index is -0.0216. The van der Waals surface area contributed by atoms with Crippen molar-refractivity contribution >= 4 is 11.6 Å². The number of carbonyl (C=O) groups is 1. The largest absolute Gasteiger partial charge is 0.381 e. The van der Waals surface area contributed by atoms with Crippen molar-refractivity contribution < 1.29 is 4.79 Å². The van der Waals surface area contributed by atoms with E-state index in [0.717, 1.165) is 5.69 Å². The molecule has 17 heavy (non-hydrogen) atoms. The zero-order valence-corrected chi connectivity index (χ0v) is 10.7. The van der Waals surface area contributed by atoms with Crippen LogP contribution in [0.15, 0.2) is 24.3 Å². The van der Waals surface area contributed by atoms with Crippen LogP contribution in [0.5, 0.6) is 0 Å².